The minimum Gasteiger partial charge on any atom is -0.444 e. The maximum Gasteiger partial charge on any atom is 0.410 e. The molecule has 5 heteroatoms. The van der Waals surface area contributed by atoms with Gasteiger partial charge < -0.3 is 15.4 Å². The van der Waals surface area contributed by atoms with Crippen molar-refractivity contribution < 1.29 is 9.53 Å². The number of nitrogens with zero attached hydrogens (tertiary/aromatic N) is 1. The van der Waals surface area contributed by atoms with Crippen molar-refractivity contribution in [1.82, 2.24) is 4.90 Å². The van der Waals surface area contributed by atoms with Crippen molar-refractivity contribution in [3.63, 3.8) is 0 Å². The lowest BCUT2D eigenvalue weighted by molar-refractivity contribution is 0.0206. The zero-order valence-corrected chi connectivity index (χ0v) is 13.8. The molecule has 1 aliphatic heterocycles. The Labute approximate surface area is 130 Å². The molecule has 0 radical (unpaired) electrons. The van der Waals surface area contributed by atoms with Crippen LogP contribution in [0.2, 0.25) is 0 Å². The molecule has 1 aromatic heterocycles. The van der Waals surface area contributed by atoms with Crippen molar-refractivity contribution in [1.29, 1.82) is 0 Å². The summed E-state index contributed by atoms with van der Waals surface area (Å²) >= 11 is 1.72. The van der Waals surface area contributed by atoms with Crippen LogP contribution in [0.4, 0.5) is 4.79 Å². The number of carbonyl (C=O) groups is 1. The molecule has 0 aromatic carbocycles. The van der Waals surface area contributed by atoms with E-state index in [1.54, 1.807) is 11.3 Å². The molecular formula is C16H24N2O2S. The van der Waals surface area contributed by atoms with Gasteiger partial charge in [0.25, 0.3) is 0 Å². The van der Waals surface area contributed by atoms with Gasteiger partial charge in [-0.25, -0.2) is 4.79 Å². The molecule has 1 aliphatic carbocycles. The Balaban J connectivity index is 1.71. The van der Waals surface area contributed by atoms with Crippen LogP contribution in [0.1, 0.15) is 32.8 Å². The third-order valence-electron chi connectivity index (χ3n) is 4.88. The lowest BCUT2D eigenvalue weighted by Crippen LogP contribution is -2.40. The lowest BCUT2D eigenvalue weighted by atomic mass is 9.94. The van der Waals surface area contributed by atoms with Gasteiger partial charge >= 0.3 is 6.09 Å². The van der Waals surface area contributed by atoms with Gasteiger partial charge in [-0.2, -0.15) is 11.3 Å². The summed E-state index contributed by atoms with van der Waals surface area (Å²) in [7, 11) is 0. The molecule has 0 spiro atoms. The Morgan fingerprint density at radius 1 is 1.52 bits per heavy atom. The normalized spacial score (nSPS) is 31.7. The third-order valence-corrected chi connectivity index (χ3v) is 5.56. The molecule has 116 valence electrons. The monoisotopic (exact) mass is 308 g/mol. The quantitative estimate of drug-likeness (QED) is 0.914. The van der Waals surface area contributed by atoms with Crippen LogP contribution in [0, 0.1) is 11.8 Å². The molecule has 2 aliphatic rings. The first kappa shape index (κ1) is 14.9. The highest BCUT2D eigenvalue weighted by atomic mass is 32.1. The molecule has 21 heavy (non-hydrogen) atoms. The Bertz CT molecular complexity index is 523. The van der Waals surface area contributed by atoms with Gasteiger partial charge in [0, 0.05) is 25.0 Å². The summed E-state index contributed by atoms with van der Waals surface area (Å²) in [6.07, 6.45) is 0.834. The minimum absolute atomic E-state index is 0.0940. The number of fused-ring (bicyclic) bond motifs is 1. The number of piperidine rings is 1. The summed E-state index contributed by atoms with van der Waals surface area (Å²) in [5.74, 6) is 1.11. The van der Waals surface area contributed by atoms with Gasteiger partial charge in [-0.3, -0.25) is 0 Å². The van der Waals surface area contributed by atoms with E-state index >= 15 is 0 Å². The van der Waals surface area contributed by atoms with Crippen molar-refractivity contribution in [3.8, 4) is 0 Å². The molecule has 1 saturated heterocycles. The molecular weight excluding hydrogens is 284 g/mol. The molecule has 4 nitrogen and oxygen atoms in total. The van der Waals surface area contributed by atoms with Crippen molar-refractivity contribution in [2.24, 2.45) is 17.6 Å². The second-order valence-corrected chi connectivity index (χ2v) is 7.96. The van der Waals surface area contributed by atoms with Crippen molar-refractivity contribution in [2.45, 2.75) is 38.2 Å². The first-order valence-corrected chi connectivity index (χ1v) is 8.53. The molecule has 1 saturated carbocycles. The van der Waals surface area contributed by atoms with Crippen LogP contribution in [0.3, 0.4) is 0 Å². The fraction of sp³-hybridized carbons (Fsp3) is 0.688. The van der Waals surface area contributed by atoms with Crippen molar-refractivity contribution in [3.05, 3.63) is 22.4 Å². The highest BCUT2D eigenvalue weighted by molar-refractivity contribution is 7.08. The fourth-order valence-electron chi connectivity index (χ4n) is 3.85. The van der Waals surface area contributed by atoms with Gasteiger partial charge in [0.1, 0.15) is 5.60 Å². The van der Waals surface area contributed by atoms with Crippen LogP contribution in [0.5, 0.6) is 0 Å². The molecule has 3 rings (SSSR count). The summed E-state index contributed by atoms with van der Waals surface area (Å²) < 4.78 is 5.49. The van der Waals surface area contributed by atoms with E-state index in [4.69, 9.17) is 10.5 Å². The van der Waals surface area contributed by atoms with Crippen LogP contribution in [-0.4, -0.2) is 36.2 Å². The van der Waals surface area contributed by atoms with Crippen LogP contribution < -0.4 is 5.73 Å². The standard InChI is InChI=1S/C16H24N2O2S/c1-15(2,3)20-14(19)18-6-4-12-13(8-18)16(12,10-17)11-5-7-21-9-11/h5,7,9,12-13H,4,6,8,10,17H2,1-3H3. The Morgan fingerprint density at radius 3 is 2.86 bits per heavy atom. The average Bonchev–Trinajstić information content (AvgIpc) is 2.79. The van der Waals surface area contributed by atoms with E-state index in [-0.39, 0.29) is 11.5 Å². The van der Waals surface area contributed by atoms with Gasteiger partial charge in [-0.15, -0.1) is 0 Å². The highest BCUT2D eigenvalue weighted by Gasteiger charge is 2.66. The number of amides is 1. The summed E-state index contributed by atoms with van der Waals surface area (Å²) in [4.78, 5) is 14.1. The molecule has 3 unspecified atom stereocenters. The van der Waals surface area contributed by atoms with Gasteiger partial charge in [-0.05, 0) is 61.4 Å². The van der Waals surface area contributed by atoms with E-state index in [9.17, 15) is 4.79 Å². The van der Waals surface area contributed by atoms with Crippen LogP contribution >= 0.6 is 11.3 Å². The topological polar surface area (TPSA) is 55.6 Å². The Hall–Kier alpha value is -1.07. The number of hydrogen-bond acceptors (Lipinski definition) is 4. The summed E-state index contributed by atoms with van der Waals surface area (Å²) in [6, 6.07) is 2.19. The molecule has 2 heterocycles. The number of hydrogen-bond donors (Lipinski definition) is 1. The number of carbonyl (C=O) groups excluding carboxylic acids is 1. The smallest absolute Gasteiger partial charge is 0.410 e. The second-order valence-electron chi connectivity index (χ2n) is 7.18. The largest absolute Gasteiger partial charge is 0.444 e. The molecule has 2 N–H and O–H groups in total. The average molecular weight is 308 g/mol. The number of nitrogens with two attached hydrogens (primary N) is 1. The van der Waals surface area contributed by atoms with Gasteiger partial charge in [0.05, 0.1) is 0 Å². The number of rotatable bonds is 2. The maximum absolute atomic E-state index is 12.2. The molecule has 1 amide bonds. The zero-order chi connectivity index (χ0) is 15.3. The van der Waals surface area contributed by atoms with E-state index in [0.717, 1.165) is 19.5 Å². The van der Waals surface area contributed by atoms with Crippen molar-refractivity contribution >= 4 is 17.4 Å². The van der Waals surface area contributed by atoms with Crippen LogP contribution in [-0.2, 0) is 10.2 Å². The first-order chi connectivity index (χ1) is 9.88. The van der Waals surface area contributed by atoms with Gasteiger partial charge in [0.2, 0.25) is 0 Å². The van der Waals surface area contributed by atoms with Crippen molar-refractivity contribution in [2.75, 3.05) is 19.6 Å². The second kappa shape index (κ2) is 4.99. The predicted octanol–water partition coefficient (Wildman–Crippen LogP) is 2.83. The molecule has 0 bridgehead atoms. The zero-order valence-electron chi connectivity index (χ0n) is 13.0. The summed E-state index contributed by atoms with van der Waals surface area (Å²) in [6.45, 7) is 7.94. The van der Waals surface area contributed by atoms with E-state index in [0.29, 0.717) is 18.4 Å². The minimum atomic E-state index is -0.435. The van der Waals surface area contributed by atoms with Crippen LogP contribution in [0.15, 0.2) is 16.8 Å². The van der Waals surface area contributed by atoms with Crippen LogP contribution in [0.25, 0.3) is 0 Å². The van der Waals surface area contributed by atoms with Gasteiger partial charge in [0.15, 0.2) is 0 Å². The molecule has 1 aromatic rings. The summed E-state index contributed by atoms with van der Waals surface area (Å²) in [5.41, 5.74) is 7.13. The fourth-order valence-corrected chi connectivity index (χ4v) is 4.60. The number of thiophene rings is 1. The third kappa shape index (κ3) is 2.46. The maximum atomic E-state index is 12.2. The predicted molar refractivity (Wildman–Crippen MR) is 84.5 cm³/mol. The first-order valence-electron chi connectivity index (χ1n) is 7.59. The Kier molecular flexibility index (Phi) is 3.53. The van der Waals surface area contributed by atoms with E-state index in [2.05, 4.69) is 16.8 Å². The van der Waals surface area contributed by atoms with E-state index < -0.39 is 5.60 Å². The van der Waals surface area contributed by atoms with E-state index in [1.165, 1.54) is 5.56 Å². The lowest BCUT2D eigenvalue weighted by Gasteiger charge is -2.29. The SMILES string of the molecule is CC(C)(C)OC(=O)N1CCC2C(C1)C2(CN)c1ccsc1. The molecule has 3 atom stereocenters. The molecule has 2 fully saturated rings. The number of likely N-dealkylation sites (tertiary alicyclic amines) is 1. The van der Waals surface area contributed by atoms with E-state index in [1.807, 2.05) is 25.7 Å². The highest BCUT2D eigenvalue weighted by Crippen LogP contribution is 2.63. The summed E-state index contributed by atoms with van der Waals surface area (Å²) in [5, 5.41) is 4.33. The number of ether oxygens (including phenoxy) is 1. The Morgan fingerprint density at radius 2 is 2.29 bits per heavy atom. The van der Waals surface area contributed by atoms with Gasteiger partial charge in [-0.1, -0.05) is 0 Å².